The number of allylic oxidation sites excluding steroid dienone is 1. The van der Waals surface area contributed by atoms with Crippen LogP contribution in [-0.4, -0.2) is 144 Å². The van der Waals surface area contributed by atoms with Crippen LogP contribution in [0.25, 0.3) is 0 Å². The van der Waals surface area contributed by atoms with Crippen molar-refractivity contribution in [2.24, 2.45) is 4.99 Å². The van der Waals surface area contributed by atoms with E-state index < -0.39 is 124 Å². The number of methoxy groups -OCH3 is 5. The number of ether oxygens (including phenoxy) is 6. The van der Waals surface area contributed by atoms with Crippen LogP contribution in [0.1, 0.15) is 88.9 Å². The Morgan fingerprint density at radius 1 is 0.984 bits per heavy atom. The smallest absolute Gasteiger partial charge is 0.341 e. The number of aliphatic hydroxyl groups is 4. The van der Waals surface area contributed by atoms with Gasteiger partial charge in [0.1, 0.15) is 52.8 Å². The number of nitrogens with zero attached hydrogens (tertiary/aromatic N) is 1. The molecule has 7 rings (SSSR count). The lowest BCUT2D eigenvalue weighted by Crippen LogP contribution is -2.73. The molecule has 3 aromatic rings. The largest absolute Gasteiger partial charge is 0.507 e. The minimum absolute atomic E-state index is 0.109. The van der Waals surface area contributed by atoms with E-state index in [9.17, 15) is 40.2 Å². The fourth-order valence-corrected chi connectivity index (χ4v) is 9.83. The molecule has 6 N–H and O–H groups in total. The van der Waals surface area contributed by atoms with Crippen molar-refractivity contribution in [2.75, 3.05) is 35.5 Å². The van der Waals surface area contributed by atoms with E-state index in [2.05, 4.69) is 4.99 Å². The number of fused-ring (bicyclic) bond motifs is 5. The normalized spacial score (nSPS) is 31.0. The van der Waals surface area contributed by atoms with Crippen LogP contribution >= 0.6 is 0 Å². The van der Waals surface area contributed by atoms with Gasteiger partial charge in [-0.1, -0.05) is 6.07 Å². The molecule has 0 bridgehead atoms. The van der Waals surface area contributed by atoms with Crippen LogP contribution in [0, 0.1) is 6.92 Å². The van der Waals surface area contributed by atoms with Crippen molar-refractivity contribution in [3.8, 4) is 11.5 Å². The number of hydrogen-bond donors (Lipinski definition) is 6. The Hall–Kier alpha value is -5.15. The summed E-state index contributed by atoms with van der Waals surface area (Å²) in [5, 5.41) is 70.0. The summed E-state index contributed by atoms with van der Waals surface area (Å²) in [7, 11) is 5.89. The molecule has 0 amide bonds. The summed E-state index contributed by atoms with van der Waals surface area (Å²) in [6.45, 7) is 4.72. The number of carbonyl (C=O) groups excluding carboxylic acids is 4. The molecule has 62 heavy (non-hydrogen) atoms. The number of phenols is 2. The molecule has 10 atom stereocenters. The van der Waals surface area contributed by atoms with E-state index in [1.165, 1.54) is 39.7 Å². The van der Waals surface area contributed by atoms with Crippen molar-refractivity contribution < 1.29 is 82.7 Å². The van der Waals surface area contributed by atoms with Crippen LogP contribution in [0.4, 0.5) is 0 Å². The summed E-state index contributed by atoms with van der Waals surface area (Å²) in [6, 6.07) is 4.03. The Balaban J connectivity index is 1.47. The Morgan fingerprint density at radius 2 is 1.68 bits per heavy atom. The zero-order valence-corrected chi connectivity index (χ0v) is 35.2. The topological polar surface area (TPSA) is 271 Å². The van der Waals surface area contributed by atoms with Gasteiger partial charge in [0.05, 0.1) is 48.5 Å². The number of esters is 1. The monoisotopic (exact) mass is 863 g/mol. The lowest BCUT2D eigenvalue weighted by atomic mass is 9.56. The molecule has 2 aromatic carbocycles. The van der Waals surface area contributed by atoms with Crippen LogP contribution in [0.5, 0.6) is 11.5 Å². The second-order valence-corrected chi connectivity index (χ2v) is 16.1. The zero-order valence-electron chi connectivity index (χ0n) is 35.2. The first-order valence-electron chi connectivity index (χ1n) is 19.7. The highest BCUT2D eigenvalue weighted by Gasteiger charge is 2.74. The molecule has 1 saturated heterocycles. The number of furan rings is 1. The molecule has 332 valence electrons. The van der Waals surface area contributed by atoms with Crippen LogP contribution in [0.3, 0.4) is 0 Å². The molecule has 0 spiro atoms. The van der Waals surface area contributed by atoms with E-state index in [0.29, 0.717) is 11.3 Å². The molecular weight excluding hydrogens is 814 g/mol. The molecule has 3 aliphatic carbocycles. The highest BCUT2D eigenvalue weighted by atomic mass is 16.6. The fourth-order valence-electron chi connectivity index (χ4n) is 9.83. The molecule has 1 aliphatic heterocycles. The first kappa shape index (κ1) is 44.9. The van der Waals surface area contributed by atoms with Crippen molar-refractivity contribution in [1.29, 1.82) is 0 Å². The number of Topliss-reactive ketones (excluding diaryl/α,β-unsaturated/α-hetero) is 2. The molecule has 2 heterocycles. The lowest BCUT2D eigenvalue weighted by Gasteiger charge is -2.54. The number of ketones is 3. The third kappa shape index (κ3) is 6.30. The summed E-state index contributed by atoms with van der Waals surface area (Å²) in [5.41, 5.74) is -10.6. The maximum atomic E-state index is 15.5. The molecular formula is C44H49NO17. The quantitative estimate of drug-likeness (QED) is 0.118. The number of phenolic OH excluding ortho intramolecular Hbond substituents is 2. The van der Waals surface area contributed by atoms with E-state index >= 15 is 9.59 Å². The van der Waals surface area contributed by atoms with Crippen LogP contribution in [-0.2, 0) is 58.9 Å². The van der Waals surface area contributed by atoms with Crippen LogP contribution < -0.4 is 0 Å². The van der Waals surface area contributed by atoms with Crippen molar-refractivity contribution in [2.45, 2.75) is 99.6 Å². The highest BCUT2D eigenvalue weighted by molar-refractivity contribution is 6.26. The zero-order chi connectivity index (χ0) is 45.4. The standard InChI is InChI=1S/C44H49NO17/c1-18-9-22-12-29(48)43(59-7)40(53)31-24(39(52)44(43,60-8)33(22)35(50)30(18)41(54)58-6)13-25-32(34(31)49)26(47)14-28(42(25,55)15-21-11-23(61-17-21)10-19(2)46)45-16-27-38(57-5)36(51)37(56-4)20(3)62-27/h9,11,13-14,16-17,19-20,27,29,36-38,46,48-51,55H,10,12,15H2,1-8H3. The van der Waals surface area contributed by atoms with Crippen LogP contribution in [0.2, 0.25) is 0 Å². The molecule has 18 heteroatoms. The van der Waals surface area contributed by atoms with Gasteiger partial charge in [-0.15, -0.1) is 0 Å². The third-order valence-corrected chi connectivity index (χ3v) is 12.6. The second kappa shape index (κ2) is 16.2. The number of benzene rings is 2. The number of hydrogen-bond acceptors (Lipinski definition) is 18. The van der Waals surface area contributed by atoms with Crippen LogP contribution in [0.15, 0.2) is 45.6 Å². The maximum Gasteiger partial charge on any atom is 0.341 e. The summed E-state index contributed by atoms with van der Waals surface area (Å²) in [5.74, 6) is -5.77. The van der Waals surface area contributed by atoms with E-state index in [1.54, 1.807) is 19.9 Å². The van der Waals surface area contributed by atoms with Gasteiger partial charge in [-0.05, 0) is 49.6 Å². The second-order valence-electron chi connectivity index (χ2n) is 16.1. The molecule has 1 fully saturated rings. The van der Waals surface area contributed by atoms with Crippen molar-refractivity contribution in [3.05, 3.63) is 92.1 Å². The predicted molar refractivity (Wildman–Crippen MR) is 214 cm³/mol. The van der Waals surface area contributed by atoms with Gasteiger partial charge in [0.2, 0.25) is 11.6 Å². The Morgan fingerprint density at radius 3 is 2.29 bits per heavy atom. The average Bonchev–Trinajstić information content (AvgIpc) is 3.65. The van der Waals surface area contributed by atoms with Crippen molar-refractivity contribution in [3.63, 3.8) is 0 Å². The first-order valence-corrected chi connectivity index (χ1v) is 19.7. The van der Waals surface area contributed by atoms with E-state index in [-0.39, 0.29) is 39.9 Å². The van der Waals surface area contributed by atoms with Gasteiger partial charge < -0.3 is 63.5 Å². The van der Waals surface area contributed by atoms with Gasteiger partial charge in [0, 0.05) is 76.7 Å². The number of carbonyl (C=O) groups is 4. The molecule has 10 unspecified atom stereocenters. The Bertz CT molecular complexity index is 2420. The lowest BCUT2D eigenvalue weighted by molar-refractivity contribution is -0.213. The van der Waals surface area contributed by atoms with Crippen molar-refractivity contribution in [1.82, 2.24) is 0 Å². The van der Waals surface area contributed by atoms with E-state index in [0.717, 1.165) is 33.5 Å². The van der Waals surface area contributed by atoms with Crippen molar-refractivity contribution >= 4 is 29.5 Å². The number of aryl methyl sites for hydroxylation is 1. The Kier molecular flexibility index (Phi) is 11.7. The Labute approximate surface area is 355 Å². The fraction of sp³-hybridized carbons (Fsp3) is 0.477. The number of rotatable bonds is 11. The van der Waals surface area contributed by atoms with Gasteiger partial charge >= 0.3 is 5.97 Å². The SMILES string of the molecule is COC(=O)c1c(C)cc2c(c1O)C1(OC)C(=O)c3cc4c(c(O)c3C(=O)C1(OC)C(O)C2)C(=O)C=C(N=CC1OC(C)C(OC)C(O)C1OC)C4(O)Cc1coc(CC(C)O)c1. The summed E-state index contributed by atoms with van der Waals surface area (Å²) in [6.07, 6.45) is -4.57. The number of aliphatic hydroxyl groups excluding tert-OH is 3. The third-order valence-electron chi connectivity index (χ3n) is 12.6. The molecule has 0 saturated carbocycles. The summed E-state index contributed by atoms with van der Waals surface area (Å²) < 4.78 is 39.3. The van der Waals surface area contributed by atoms with Gasteiger partial charge in [-0.25, -0.2) is 4.79 Å². The molecule has 18 nitrogen and oxygen atoms in total. The average molecular weight is 864 g/mol. The van der Waals surface area contributed by atoms with Gasteiger partial charge in [-0.3, -0.25) is 19.4 Å². The number of aromatic hydroxyl groups is 2. The van der Waals surface area contributed by atoms with Gasteiger partial charge in [0.15, 0.2) is 17.0 Å². The minimum Gasteiger partial charge on any atom is -0.507 e. The van der Waals surface area contributed by atoms with E-state index in [4.69, 9.17) is 32.8 Å². The number of aliphatic imine (C=N–C) groups is 1. The molecule has 4 aliphatic rings. The summed E-state index contributed by atoms with van der Waals surface area (Å²) >= 11 is 0. The molecule has 1 aromatic heterocycles. The maximum absolute atomic E-state index is 15.5. The van der Waals surface area contributed by atoms with Gasteiger partial charge in [0.25, 0.3) is 0 Å². The summed E-state index contributed by atoms with van der Waals surface area (Å²) in [4.78, 5) is 62.4. The van der Waals surface area contributed by atoms with E-state index in [1.807, 2.05) is 0 Å². The van der Waals surface area contributed by atoms with Gasteiger partial charge in [-0.2, -0.15) is 0 Å². The molecule has 0 radical (unpaired) electrons. The first-order chi connectivity index (χ1) is 29.3. The predicted octanol–water partition coefficient (Wildman–Crippen LogP) is 1.69. The highest BCUT2D eigenvalue weighted by Crippen LogP contribution is 2.59. The minimum atomic E-state index is -2.75.